The molecule has 1 N–H and O–H groups in total. The Morgan fingerprint density at radius 2 is 1.93 bits per heavy atom. The lowest BCUT2D eigenvalue weighted by Gasteiger charge is -2.17. The zero-order chi connectivity index (χ0) is 19.0. The number of hydrogen-bond acceptors (Lipinski definition) is 3. The van der Waals surface area contributed by atoms with Gasteiger partial charge in [0.15, 0.2) is 0 Å². The Balaban J connectivity index is 1.54. The van der Waals surface area contributed by atoms with E-state index in [0.29, 0.717) is 17.7 Å². The van der Waals surface area contributed by atoms with Crippen molar-refractivity contribution in [2.75, 3.05) is 16.8 Å². The number of rotatable bonds is 3. The third-order valence-electron chi connectivity index (χ3n) is 4.87. The lowest BCUT2D eigenvalue weighted by Crippen LogP contribution is -2.28. The first-order valence-corrected chi connectivity index (χ1v) is 8.88. The fourth-order valence-electron chi connectivity index (χ4n) is 3.50. The maximum Gasteiger partial charge on any atom is 0.261 e. The van der Waals surface area contributed by atoms with E-state index >= 15 is 0 Å². The first-order valence-electron chi connectivity index (χ1n) is 8.88. The van der Waals surface area contributed by atoms with E-state index in [4.69, 9.17) is 4.42 Å². The molecule has 1 aliphatic rings. The van der Waals surface area contributed by atoms with Crippen LogP contribution in [0.2, 0.25) is 0 Å². The summed E-state index contributed by atoms with van der Waals surface area (Å²) in [7, 11) is 0. The minimum atomic E-state index is -0.128. The number of nitrogens with zero attached hydrogens (tertiary/aromatic N) is 1. The summed E-state index contributed by atoms with van der Waals surface area (Å²) >= 11 is 0. The second kappa shape index (κ2) is 6.76. The standard InChI is InChI=1S/C22H20N2O3/c1-14-3-5-19(15(2)11-14)21(25)23-18-4-6-20-16(12-18)7-9-24(20)22(26)17-8-10-27-13-17/h3-6,8,10-13H,7,9H2,1-2H3,(H,23,25). The monoisotopic (exact) mass is 360 g/mol. The molecule has 5 heteroatoms. The lowest BCUT2D eigenvalue weighted by molar-refractivity contribution is 0.0987. The van der Waals surface area contributed by atoms with E-state index in [2.05, 4.69) is 5.32 Å². The van der Waals surface area contributed by atoms with E-state index in [-0.39, 0.29) is 11.8 Å². The minimum Gasteiger partial charge on any atom is -0.472 e. The van der Waals surface area contributed by atoms with Gasteiger partial charge in [0.1, 0.15) is 6.26 Å². The van der Waals surface area contributed by atoms with Crippen molar-refractivity contribution in [3.8, 4) is 0 Å². The summed E-state index contributed by atoms with van der Waals surface area (Å²) in [6.45, 7) is 4.56. The number of aryl methyl sites for hydroxylation is 2. The average molecular weight is 360 g/mol. The number of furan rings is 1. The SMILES string of the molecule is Cc1ccc(C(=O)Nc2ccc3c(c2)CCN3C(=O)c2ccoc2)c(C)c1. The molecule has 0 saturated carbocycles. The zero-order valence-corrected chi connectivity index (χ0v) is 15.3. The largest absolute Gasteiger partial charge is 0.472 e. The highest BCUT2D eigenvalue weighted by Gasteiger charge is 2.26. The zero-order valence-electron chi connectivity index (χ0n) is 15.3. The van der Waals surface area contributed by atoms with Crippen LogP contribution in [-0.4, -0.2) is 18.4 Å². The van der Waals surface area contributed by atoms with E-state index in [1.807, 2.05) is 50.2 Å². The summed E-state index contributed by atoms with van der Waals surface area (Å²) in [6, 6.07) is 13.1. The van der Waals surface area contributed by atoms with E-state index in [1.165, 1.54) is 12.5 Å². The molecular formula is C22H20N2O3. The number of benzene rings is 2. The summed E-state index contributed by atoms with van der Waals surface area (Å²) in [4.78, 5) is 26.9. The predicted octanol–water partition coefficient (Wildman–Crippen LogP) is 4.35. The van der Waals surface area contributed by atoms with Gasteiger partial charge in [-0.2, -0.15) is 0 Å². The summed E-state index contributed by atoms with van der Waals surface area (Å²) in [6.07, 6.45) is 3.71. The third kappa shape index (κ3) is 3.24. The van der Waals surface area contributed by atoms with Crippen molar-refractivity contribution < 1.29 is 14.0 Å². The number of nitrogens with one attached hydrogen (secondary N) is 1. The van der Waals surface area contributed by atoms with Crippen molar-refractivity contribution in [2.24, 2.45) is 0 Å². The summed E-state index contributed by atoms with van der Waals surface area (Å²) < 4.78 is 5.01. The number of fused-ring (bicyclic) bond motifs is 1. The van der Waals surface area contributed by atoms with Crippen LogP contribution in [0.1, 0.15) is 37.4 Å². The molecule has 27 heavy (non-hydrogen) atoms. The van der Waals surface area contributed by atoms with Gasteiger partial charge in [0.25, 0.3) is 11.8 Å². The molecule has 1 aliphatic heterocycles. The highest BCUT2D eigenvalue weighted by Crippen LogP contribution is 2.32. The van der Waals surface area contributed by atoms with Gasteiger partial charge in [-0.15, -0.1) is 0 Å². The van der Waals surface area contributed by atoms with Crippen LogP contribution < -0.4 is 10.2 Å². The van der Waals surface area contributed by atoms with Crippen molar-refractivity contribution >= 4 is 23.2 Å². The van der Waals surface area contributed by atoms with Gasteiger partial charge in [0.2, 0.25) is 0 Å². The van der Waals surface area contributed by atoms with Gasteiger partial charge >= 0.3 is 0 Å². The second-order valence-corrected chi connectivity index (χ2v) is 6.83. The summed E-state index contributed by atoms with van der Waals surface area (Å²) in [5.74, 6) is -0.202. The molecule has 0 aliphatic carbocycles. The lowest BCUT2D eigenvalue weighted by atomic mass is 10.0. The first-order chi connectivity index (χ1) is 13.0. The van der Waals surface area contributed by atoms with Crippen molar-refractivity contribution in [3.05, 3.63) is 82.8 Å². The molecule has 136 valence electrons. The molecule has 4 rings (SSSR count). The second-order valence-electron chi connectivity index (χ2n) is 6.83. The fourth-order valence-corrected chi connectivity index (χ4v) is 3.50. The summed E-state index contributed by atoms with van der Waals surface area (Å²) in [5.41, 5.74) is 5.94. The Morgan fingerprint density at radius 1 is 1.07 bits per heavy atom. The molecule has 0 unspecified atom stereocenters. The van der Waals surface area contributed by atoms with Gasteiger partial charge in [-0.1, -0.05) is 17.7 Å². The topological polar surface area (TPSA) is 62.6 Å². The van der Waals surface area contributed by atoms with E-state index in [1.54, 1.807) is 11.0 Å². The number of carbonyl (C=O) groups excluding carboxylic acids is 2. The molecule has 2 aromatic carbocycles. The molecule has 5 nitrogen and oxygen atoms in total. The van der Waals surface area contributed by atoms with Gasteiger partial charge in [0, 0.05) is 23.5 Å². The molecule has 0 radical (unpaired) electrons. The Labute approximate surface area is 157 Å². The highest BCUT2D eigenvalue weighted by molar-refractivity contribution is 6.08. The van der Waals surface area contributed by atoms with Crippen LogP contribution in [0.5, 0.6) is 0 Å². The van der Waals surface area contributed by atoms with Crippen LogP contribution >= 0.6 is 0 Å². The molecule has 3 aromatic rings. The molecule has 0 bridgehead atoms. The van der Waals surface area contributed by atoms with E-state index in [0.717, 1.165) is 34.5 Å². The molecule has 0 atom stereocenters. The van der Waals surface area contributed by atoms with E-state index < -0.39 is 0 Å². The number of amides is 2. The molecule has 0 spiro atoms. The van der Waals surface area contributed by atoms with E-state index in [9.17, 15) is 9.59 Å². The number of hydrogen-bond donors (Lipinski definition) is 1. The maximum absolute atomic E-state index is 12.6. The first kappa shape index (κ1) is 17.1. The average Bonchev–Trinajstić information content (AvgIpc) is 3.30. The molecular weight excluding hydrogens is 340 g/mol. The number of carbonyl (C=O) groups is 2. The third-order valence-corrected chi connectivity index (χ3v) is 4.87. The van der Waals surface area contributed by atoms with Gasteiger partial charge < -0.3 is 14.6 Å². The van der Waals surface area contributed by atoms with Crippen molar-refractivity contribution in [1.82, 2.24) is 0 Å². The minimum absolute atomic E-state index is 0.0745. The Morgan fingerprint density at radius 3 is 2.67 bits per heavy atom. The predicted molar refractivity (Wildman–Crippen MR) is 104 cm³/mol. The van der Waals surface area contributed by atoms with Crippen LogP contribution in [0, 0.1) is 13.8 Å². The summed E-state index contributed by atoms with van der Waals surface area (Å²) in [5, 5.41) is 2.96. The van der Waals surface area contributed by atoms with Crippen LogP contribution in [0.25, 0.3) is 0 Å². The molecule has 2 amide bonds. The van der Waals surface area contributed by atoms with Crippen molar-refractivity contribution in [1.29, 1.82) is 0 Å². The Hall–Kier alpha value is -3.34. The maximum atomic E-state index is 12.6. The molecule has 0 fully saturated rings. The molecule has 2 heterocycles. The Kier molecular flexibility index (Phi) is 4.28. The van der Waals surface area contributed by atoms with Gasteiger partial charge in [0.05, 0.1) is 11.8 Å². The fraction of sp³-hybridized carbons (Fsp3) is 0.182. The smallest absolute Gasteiger partial charge is 0.261 e. The highest BCUT2D eigenvalue weighted by atomic mass is 16.3. The van der Waals surface area contributed by atoms with Crippen LogP contribution in [0.3, 0.4) is 0 Å². The van der Waals surface area contributed by atoms with Gasteiger partial charge in [-0.3, -0.25) is 9.59 Å². The Bertz CT molecular complexity index is 1020. The van der Waals surface area contributed by atoms with Gasteiger partial charge in [-0.25, -0.2) is 0 Å². The van der Waals surface area contributed by atoms with Crippen LogP contribution in [0.4, 0.5) is 11.4 Å². The van der Waals surface area contributed by atoms with Crippen molar-refractivity contribution in [2.45, 2.75) is 20.3 Å². The van der Waals surface area contributed by atoms with Crippen LogP contribution in [-0.2, 0) is 6.42 Å². The normalized spacial score (nSPS) is 12.7. The van der Waals surface area contributed by atoms with Crippen molar-refractivity contribution in [3.63, 3.8) is 0 Å². The van der Waals surface area contributed by atoms with Crippen LogP contribution in [0.15, 0.2) is 59.4 Å². The van der Waals surface area contributed by atoms with Gasteiger partial charge in [-0.05, 0) is 61.7 Å². The number of anilines is 2. The quantitative estimate of drug-likeness (QED) is 0.755. The molecule has 1 aromatic heterocycles. The molecule has 0 saturated heterocycles.